The van der Waals surface area contributed by atoms with Crippen molar-refractivity contribution in [1.29, 1.82) is 0 Å². The Bertz CT molecular complexity index is 920. The average molecular weight is 368 g/mol. The van der Waals surface area contributed by atoms with E-state index in [-0.39, 0.29) is 28.9 Å². The lowest BCUT2D eigenvalue weighted by molar-refractivity contribution is -0.121. The molecule has 3 rings (SSSR count). The summed E-state index contributed by atoms with van der Waals surface area (Å²) in [7, 11) is 2.90. The summed E-state index contributed by atoms with van der Waals surface area (Å²) in [5.41, 5.74) is -0.668. The Labute approximate surface area is 149 Å². The van der Waals surface area contributed by atoms with Crippen molar-refractivity contribution >= 4 is 28.7 Å². The summed E-state index contributed by atoms with van der Waals surface area (Å²) < 4.78 is 3.59. The molecule has 2 aromatic rings. The van der Waals surface area contributed by atoms with Crippen molar-refractivity contribution in [1.82, 2.24) is 24.0 Å². The van der Waals surface area contributed by atoms with Crippen LogP contribution in [0.3, 0.4) is 0 Å². The fourth-order valence-electron chi connectivity index (χ4n) is 3.41. The Morgan fingerprint density at radius 2 is 1.88 bits per heavy atom. The zero-order valence-electron chi connectivity index (χ0n) is 14.4. The van der Waals surface area contributed by atoms with Crippen LogP contribution in [0.1, 0.15) is 32.1 Å². The highest BCUT2D eigenvalue weighted by Gasteiger charge is 2.20. The van der Waals surface area contributed by atoms with Crippen molar-refractivity contribution < 1.29 is 4.79 Å². The van der Waals surface area contributed by atoms with Crippen LogP contribution in [0.25, 0.3) is 11.2 Å². The SMILES string of the molecule is Cn1c(=O)c2c(nc(Cl)n2CC(=O)NCC2CCCCC2)n(C)c1=O. The summed E-state index contributed by atoms with van der Waals surface area (Å²) in [5.74, 6) is 0.295. The number of carbonyl (C=O) groups is 1. The first-order valence-electron chi connectivity index (χ1n) is 8.48. The second-order valence-electron chi connectivity index (χ2n) is 6.65. The van der Waals surface area contributed by atoms with Gasteiger partial charge in [-0.3, -0.25) is 23.3 Å². The smallest absolute Gasteiger partial charge is 0.332 e. The number of rotatable bonds is 4. The van der Waals surface area contributed by atoms with Crippen LogP contribution in [0.5, 0.6) is 0 Å². The molecule has 25 heavy (non-hydrogen) atoms. The molecule has 0 saturated heterocycles. The molecule has 8 nitrogen and oxygen atoms in total. The molecule has 1 aliphatic carbocycles. The second-order valence-corrected chi connectivity index (χ2v) is 6.99. The van der Waals surface area contributed by atoms with Crippen LogP contribution >= 0.6 is 11.6 Å². The summed E-state index contributed by atoms with van der Waals surface area (Å²) in [4.78, 5) is 40.8. The maximum Gasteiger partial charge on any atom is 0.332 e. The van der Waals surface area contributed by atoms with E-state index in [1.165, 1.54) is 42.5 Å². The molecule has 1 aliphatic rings. The van der Waals surface area contributed by atoms with Crippen molar-refractivity contribution in [2.75, 3.05) is 6.54 Å². The minimum atomic E-state index is -0.516. The van der Waals surface area contributed by atoms with E-state index in [1.807, 2.05) is 0 Å². The first-order valence-corrected chi connectivity index (χ1v) is 8.86. The number of aromatic nitrogens is 4. The molecule has 9 heteroatoms. The van der Waals surface area contributed by atoms with Gasteiger partial charge in [0.1, 0.15) is 6.54 Å². The van der Waals surface area contributed by atoms with Gasteiger partial charge >= 0.3 is 5.69 Å². The Morgan fingerprint density at radius 3 is 2.56 bits per heavy atom. The predicted octanol–water partition coefficient (Wildman–Crippen LogP) is 0.784. The molecule has 1 saturated carbocycles. The number of fused-ring (bicyclic) bond motifs is 1. The minimum absolute atomic E-state index is 0.0149. The fraction of sp³-hybridized carbons (Fsp3) is 0.625. The van der Waals surface area contributed by atoms with E-state index in [1.54, 1.807) is 0 Å². The van der Waals surface area contributed by atoms with E-state index in [2.05, 4.69) is 10.3 Å². The van der Waals surface area contributed by atoms with Crippen LogP contribution in [0, 0.1) is 5.92 Å². The van der Waals surface area contributed by atoms with Gasteiger partial charge in [0, 0.05) is 20.6 Å². The van der Waals surface area contributed by atoms with Crippen LogP contribution in [0.15, 0.2) is 9.59 Å². The molecule has 136 valence electrons. The Balaban J connectivity index is 1.83. The second kappa shape index (κ2) is 7.03. The Hall–Kier alpha value is -2.09. The molecule has 1 amide bonds. The number of amides is 1. The van der Waals surface area contributed by atoms with Crippen LogP contribution in [0.2, 0.25) is 5.28 Å². The number of hydrogen-bond acceptors (Lipinski definition) is 4. The van der Waals surface area contributed by atoms with Gasteiger partial charge in [-0.25, -0.2) is 4.79 Å². The van der Waals surface area contributed by atoms with Gasteiger partial charge in [0.25, 0.3) is 5.56 Å². The maximum absolute atomic E-state index is 12.4. The van der Waals surface area contributed by atoms with Gasteiger partial charge in [-0.2, -0.15) is 4.98 Å². The van der Waals surface area contributed by atoms with Crippen LogP contribution in [-0.4, -0.2) is 31.1 Å². The number of hydrogen-bond donors (Lipinski definition) is 1. The molecule has 1 fully saturated rings. The molecule has 2 heterocycles. The number of halogens is 1. The van der Waals surface area contributed by atoms with Gasteiger partial charge in [0.2, 0.25) is 11.2 Å². The van der Waals surface area contributed by atoms with Gasteiger partial charge < -0.3 is 5.32 Å². The molecule has 0 bridgehead atoms. The van der Waals surface area contributed by atoms with Crippen molar-refractivity contribution in [3.05, 3.63) is 26.1 Å². The van der Waals surface area contributed by atoms with Crippen LogP contribution in [-0.2, 0) is 25.4 Å². The molecule has 0 radical (unpaired) electrons. The topological polar surface area (TPSA) is 90.9 Å². The zero-order valence-corrected chi connectivity index (χ0v) is 15.2. The van der Waals surface area contributed by atoms with E-state index < -0.39 is 11.2 Å². The van der Waals surface area contributed by atoms with Crippen molar-refractivity contribution in [2.45, 2.75) is 38.6 Å². The average Bonchev–Trinajstić information content (AvgIpc) is 2.94. The van der Waals surface area contributed by atoms with Gasteiger partial charge in [-0.15, -0.1) is 0 Å². The monoisotopic (exact) mass is 367 g/mol. The van der Waals surface area contributed by atoms with Crippen molar-refractivity contribution in [3.8, 4) is 0 Å². The van der Waals surface area contributed by atoms with E-state index >= 15 is 0 Å². The van der Waals surface area contributed by atoms with E-state index in [0.717, 1.165) is 17.4 Å². The third kappa shape index (κ3) is 3.35. The quantitative estimate of drug-likeness (QED) is 0.808. The number of aryl methyl sites for hydroxylation is 1. The summed E-state index contributed by atoms with van der Waals surface area (Å²) >= 11 is 6.12. The highest BCUT2D eigenvalue weighted by Crippen LogP contribution is 2.22. The standard InChI is InChI=1S/C16H22ClN5O3/c1-20-13-12(14(24)21(2)16(20)25)22(15(17)19-13)9-11(23)18-8-10-6-4-3-5-7-10/h10H,3-9H2,1-2H3,(H,18,23). The number of imidazole rings is 1. The van der Waals surface area contributed by atoms with E-state index in [9.17, 15) is 14.4 Å². The summed E-state index contributed by atoms with van der Waals surface area (Å²) in [6, 6.07) is 0. The van der Waals surface area contributed by atoms with Gasteiger partial charge in [0.05, 0.1) is 0 Å². The van der Waals surface area contributed by atoms with Crippen molar-refractivity contribution in [3.63, 3.8) is 0 Å². The number of nitrogens with zero attached hydrogens (tertiary/aromatic N) is 4. The molecular weight excluding hydrogens is 346 g/mol. The zero-order chi connectivity index (χ0) is 18.1. The van der Waals surface area contributed by atoms with Gasteiger partial charge in [0.15, 0.2) is 11.2 Å². The van der Waals surface area contributed by atoms with Crippen LogP contribution in [0.4, 0.5) is 0 Å². The molecular formula is C16H22ClN5O3. The molecule has 0 aromatic carbocycles. The van der Waals surface area contributed by atoms with Crippen molar-refractivity contribution in [2.24, 2.45) is 20.0 Å². The molecule has 2 aromatic heterocycles. The van der Waals surface area contributed by atoms with Crippen LogP contribution < -0.4 is 16.6 Å². The molecule has 1 N–H and O–H groups in total. The largest absolute Gasteiger partial charge is 0.354 e. The first kappa shape index (κ1) is 17.7. The number of nitrogens with one attached hydrogen (secondary N) is 1. The highest BCUT2D eigenvalue weighted by atomic mass is 35.5. The molecule has 0 atom stereocenters. The minimum Gasteiger partial charge on any atom is -0.354 e. The third-order valence-electron chi connectivity index (χ3n) is 4.92. The van der Waals surface area contributed by atoms with Gasteiger partial charge in [-0.05, 0) is 30.4 Å². The summed E-state index contributed by atoms with van der Waals surface area (Å²) in [6.45, 7) is 0.537. The lowest BCUT2D eigenvalue weighted by atomic mass is 9.89. The first-order chi connectivity index (χ1) is 11.9. The fourth-order valence-corrected chi connectivity index (χ4v) is 3.64. The summed E-state index contributed by atoms with van der Waals surface area (Å²) in [5, 5.41) is 2.93. The molecule has 0 spiro atoms. The Morgan fingerprint density at radius 1 is 1.20 bits per heavy atom. The van der Waals surface area contributed by atoms with E-state index in [0.29, 0.717) is 12.5 Å². The maximum atomic E-state index is 12.4. The van der Waals surface area contributed by atoms with E-state index in [4.69, 9.17) is 11.6 Å². The lowest BCUT2D eigenvalue weighted by Crippen LogP contribution is -2.38. The Kier molecular flexibility index (Phi) is 4.99. The molecule has 0 aliphatic heterocycles. The number of carbonyl (C=O) groups excluding carboxylic acids is 1. The summed E-state index contributed by atoms with van der Waals surface area (Å²) in [6.07, 6.45) is 5.96. The highest BCUT2D eigenvalue weighted by molar-refractivity contribution is 6.29. The predicted molar refractivity (Wildman–Crippen MR) is 94.8 cm³/mol. The van der Waals surface area contributed by atoms with Gasteiger partial charge in [-0.1, -0.05) is 19.3 Å². The third-order valence-corrected chi connectivity index (χ3v) is 5.20. The normalized spacial score (nSPS) is 15.6. The lowest BCUT2D eigenvalue weighted by Gasteiger charge is -2.21. The molecule has 0 unspecified atom stereocenters.